The van der Waals surface area contributed by atoms with Crippen LogP contribution in [-0.4, -0.2) is 11.0 Å². The molecule has 1 rings (SSSR count). The second kappa shape index (κ2) is 6.14. The molecule has 0 aliphatic heterocycles. The Bertz CT molecular complexity index is 258. The smallest absolute Gasteiger partial charge is 0.0897 e. The molecule has 0 spiro atoms. The first-order chi connectivity index (χ1) is 6.72. The molecule has 1 atom stereocenters. The van der Waals surface area contributed by atoms with Crippen molar-refractivity contribution < 1.29 is 0 Å². The Kier molecular flexibility index (Phi) is 5.12. The number of aryl methyl sites for hydroxylation is 1. The first-order valence-corrected chi connectivity index (χ1v) is 6.24. The van der Waals surface area contributed by atoms with Gasteiger partial charge in [0.15, 0.2) is 0 Å². The molecule has 0 aliphatic rings. The van der Waals surface area contributed by atoms with Crippen LogP contribution in [0.3, 0.4) is 0 Å². The van der Waals surface area contributed by atoms with E-state index in [-0.39, 0.29) is 0 Å². The van der Waals surface area contributed by atoms with Crippen LogP contribution in [0.15, 0.2) is 5.38 Å². The number of hydrogen-bond donors (Lipinski definition) is 1. The second-order valence-corrected chi connectivity index (χ2v) is 4.84. The van der Waals surface area contributed by atoms with Gasteiger partial charge in [-0.1, -0.05) is 19.8 Å². The highest BCUT2D eigenvalue weighted by Crippen LogP contribution is 2.08. The third-order valence-corrected chi connectivity index (χ3v) is 3.11. The van der Waals surface area contributed by atoms with Gasteiger partial charge < -0.3 is 5.32 Å². The zero-order chi connectivity index (χ0) is 10.4. The molecule has 1 heterocycles. The summed E-state index contributed by atoms with van der Waals surface area (Å²) < 4.78 is 0. The molecule has 0 fully saturated rings. The predicted molar refractivity (Wildman–Crippen MR) is 62.7 cm³/mol. The zero-order valence-electron chi connectivity index (χ0n) is 9.34. The SMILES string of the molecule is CCCCC(C)NCc1csc(C)n1. The van der Waals surface area contributed by atoms with Crippen LogP contribution in [-0.2, 0) is 6.54 Å². The van der Waals surface area contributed by atoms with Crippen molar-refractivity contribution in [2.75, 3.05) is 0 Å². The average Bonchev–Trinajstić information content (AvgIpc) is 2.58. The van der Waals surface area contributed by atoms with E-state index in [9.17, 15) is 0 Å². The maximum absolute atomic E-state index is 4.42. The van der Waals surface area contributed by atoms with Crippen molar-refractivity contribution in [2.45, 2.75) is 52.6 Å². The number of rotatable bonds is 6. The van der Waals surface area contributed by atoms with Crippen LogP contribution < -0.4 is 5.32 Å². The van der Waals surface area contributed by atoms with E-state index >= 15 is 0 Å². The van der Waals surface area contributed by atoms with Crippen LogP contribution in [0.25, 0.3) is 0 Å². The Morgan fingerprint density at radius 3 is 2.93 bits per heavy atom. The van der Waals surface area contributed by atoms with Gasteiger partial charge in [0.1, 0.15) is 0 Å². The molecule has 80 valence electrons. The third-order valence-electron chi connectivity index (χ3n) is 2.29. The van der Waals surface area contributed by atoms with Crippen LogP contribution >= 0.6 is 11.3 Å². The van der Waals surface area contributed by atoms with Gasteiger partial charge in [-0.15, -0.1) is 11.3 Å². The van der Waals surface area contributed by atoms with Gasteiger partial charge >= 0.3 is 0 Å². The predicted octanol–water partition coefficient (Wildman–Crippen LogP) is 3.12. The lowest BCUT2D eigenvalue weighted by Crippen LogP contribution is -2.25. The molecule has 1 N–H and O–H groups in total. The molecular weight excluding hydrogens is 192 g/mol. The van der Waals surface area contributed by atoms with E-state index in [1.54, 1.807) is 11.3 Å². The van der Waals surface area contributed by atoms with Gasteiger partial charge in [0.05, 0.1) is 10.7 Å². The molecule has 0 saturated heterocycles. The van der Waals surface area contributed by atoms with E-state index in [0.717, 1.165) is 11.6 Å². The van der Waals surface area contributed by atoms with E-state index in [1.165, 1.54) is 25.0 Å². The maximum atomic E-state index is 4.42. The quantitative estimate of drug-likeness (QED) is 0.783. The highest BCUT2D eigenvalue weighted by Gasteiger charge is 2.02. The molecule has 0 bridgehead atoms. The third kappa shape index (κ3) is 4.20. The summed E-state index contributed by atoms with van der Waals surface area (Å²) in [6.45, 7) is 7.44. The zero-order valence-corrected chi connectivity index (χ0v) is 10.2. The van der Waals surface area contributed by atoms with Gasteiger partial charge in [-0.25, -0.2) is 4.98 Å². The molecular formula is C11H20N2S. The van der Waals surface area contributed by atoms with Crippen LogP contribution in [0.4, 0.5) is 0 Å². The minimum atomic E-state index is 0.608. The lowest BCUT2D eigenvalue weighted by molar-refractivity contribution is 0.492. The first-order valence-electron chi connectivity index (χ1n) is 5.36. The van der Waals surface area contributed by atoms with E-state index in [2.05, 4.69) is 36.5 Å². The highest BCUT2D eigenvalue weighted by molar-refractivity contribution is 7.09. The number of nitrogens with zero attached hydrogens (tertiary/aromatic N) is 1. The lowest BCUT2D eigenvalue weighted by atomic mass is 10.1. The summed E-state index contributed by atoms with van der Waals surface area (Å²) in [5, 5.41) is 6.78. The van der Waals surface area contributed by atoms with Crippen molar-refractivity contribution in [1.82, 2.24) is 10.3 Å². The molecule has 14 heavy (non-hydrogen) atoms. The summed E-state index contributed by atoms with van der Waals surface area (Å²) in [6, 6.07) is 0.608. The fourth-order valence-electron chi connectivity index (χ4n) is 1.38. The van der Waals surface area contributed by atoms with Crippen LogP contribution in [0.1, 0.15) is 43.8 Å². The molecule has 0 saturated carbocycles. The van der Waals surface area contributed by atoms with E-state index in [0.29, 0.717) is 6.04 Å². The van der Waals surface area contributed by atoms with Crippen molar-refractivity contribution in [2.24, 2.45) is 0 Å². The van der Waals surface area contributed by atoms with E-state index < -0.39 is 0 Å². The van der Waals surface area contributed by atoms with Crippen LogP contribution in [0.5, 0.6) is 0 Å². The summed E-state index contributed by atoms with van der Waals surface area (Å²) in [7, 11) is 0. The number of hydrogen-bond acceptors (Lipinski definition) is 3. The largest absolute Gasteiger partial charge is 0.309 e. The Morgan fingerprint density at radius 1 is 1.57 bits per heavy atom. The number of aromatic nitrogens is 1. The van der Waals surface area contributed by atoms with Gasteiger partial charge in [0, 0.05) is 18.0 Å². The first kappa shape index (κ1) is 11.7. The van der Waals surface area contributed by atoms with Crippen molar-refractivity contribution in [3.8, 4) is 0 Å². The Morgan fingerprint density at radius 2 is 2.36 bits per heavy atom. The average molecular weight is 212 g/mol. The summed E-state index contributed by atoms with van der Waals surface area (Å²) in [6.07, 6.45) is 3.85. The second-order valence-electron chi connectivity index (χ2n) is 3.78. The molecule has 3 heteroatoms. The van der Waals surface area contributed by atoms with Crippen molar-refractivity contribution >= 4 is 11.3 Å². The summed E-state index contributed by atoms with van der Waals surface area (Å²) in [5.74, 6) is 0. The van der Waals surface area contributed by atoms with Gasteiger partial charge in [0.25, 0.3) is 0 Å². The van der Waals surface area contributed by atoms with Crippen LogP contribution in [0, 0.1) is 6.92 Å². The van der Waals surface area contributed by atoms with Crippen LogP contribution in [0.2, 0.25) is 0 Å². The molecule has 0 aliphatic carbocycles. The van der Waals surface area contributed by atoms with Crippen molar-refractivity contribution in [1.29, 1.82) is 0 Å². The van der Waals surface area contributed by atoms with E-state index in [1.807, 2.05) is 0 Å². The number of nitrogens with one attached hydrogen (secondary N) is 1. The molecule has 1 unspecified atom stereocenters. The Balaban J connectivity index is 2.20. The monoisotopic (exact) mass is 212 g/mol. The Hall–Kier alpha value is -0.410. The Labute approximate surface area is 90.8 Å². The van der Waals surface area contributed by atoms with Gasteiger partial charge in [0.2, 0.25) is 0 Å². The summed E-state index contributed by atoms with van der Waals surface area (Å²) in [4.78, 5) is 4.42. The molecule has 0 radical (unpaired) electrons. The van der Waals surface area contributed by atoms with E-state index in [4.69, 9.17) is 0 Å². The molecule has 1 aromatic heterocycles. The minimum absolute atomic E-state index is 0.608. The van der Waals surface area contributed by atoms with Crippen molar-refractivity contribution in [3.05, 3.63) is 16.1 Å². The standard InChI is InChI=1S/C11H20N2S/c1-4-5-6-9(2)12-7-11-8-14-10(3)13-11/h8-9,12H,4-7H2,1-3H3. The number of thiazole rings is 1. The minimum Gasteiger partial charge on any atom is -0.309 e. The molecule has 2 nitrogen and oxygen atoms in total. The van der Waals surface area contributed by atoms with Crippen molar-refractivity contribution in [3.63, 3.8) is 0 Å². The molecule has 1 aromatic rings. The van der Waals surface area contributed by atoms with Gasteiger partial charge in [-0.05, 0) is 20.3 Å². The summed E-state index contributed by atoms with van der Waals surface area (Å²) >= 11 is 1.72. The number of unbranched alkanes of at least 4 members (excludes halogenated alkanes) is 1. The van der Waals surface area contributed by atoms with Gasteiger partial charge in [-0.3, -0.25) is 0 Å². The highest BCUT2D eigenvalue weighted by atomic mass is 32.1. The lowest BCUT2D eigenvalue weighted by Gasteiger charge is -2.11. The van der Waals surface area contributed by atoms with Gasteiger partial charge in [-0.2, -0.15) is 0 Å². The topological polar surface area (TPSA) is 24.9 Å². The molecule has 0 aromatic carbocycles. The molecule has 0 amide bonds. The maximum Gasteiger partial charge on any atom is 0.0897 e. The summed E-state index contributed by atoms with van der Waals surface area (Å²) in [5.41, 5.74) is 1.18. The fourth-order valence-corrected chi connectivity index (χ4v) is 1.99. The fraction of sp³-hybridized carbons (Fsp3) is 0.727. The normalized spacial score (nSPS) is 13.1.